The number of nitrogens with zero attached hydrogens (tertiary/aromatic N) is 2. The van der Waals surface area contributed by atoms with Gasteiger partial charge in [-0.2, -0.15) is 0 Å². The van der Waals surface area contributed by atoms with Crippen molar-refractivity contribution in [1.82, 2.24) is 4.98 Å². The van der Waals surface area contributed by atoms with Gasteiger partial charge < -0.3 is 9.64 Å². The third-order valence-corrected chi connectivity index (χ3v) is 2.24. The highest BCUT2D eigenvalue weighted by atomic mass is 16.5. The van der Waals surface area contributed by atoms with Gasteiger partial charge in [-0.25, -0.2) is 4.98 Å². The number of anilines is 1. The third kappa shape index (κ3) is 1.24. The Hall–Kier alpha value is -1.25. The van der Waals surface area contributed by atoms with Gasteiger partial charge in [0.1, 0.15) is 0 Å². The Morgan fingerprint density at radius 1 is 1.54 bits per heavy atom. The maximum atomic E-state index is 5.64. The second kappa shape index (κ2) is 2.91. The topological polar surface area (TPSA) is 25.4 Å². The molecule has 13 heavy (non-hydrogen) atoms. The molecule has 0 aliphatic carbocycles. The first kappa shape index (κ1) is 8.35. The van der Waals surface area contributed by atoms with Crippen LogP contribution in [0.25, 0.3) is 0 Å². The van der Waals surface area contributed by atoms with E-state index in [4.69, 9.17) is 4.74 Å². The van der Waals surface area contributed by atoms with E-state index in [1.165, 1.54) is 0 Å². The van der Waals surface area contributed by atoms with Gasteiger partial charge in [-0.1, -0.05) is 0 Å². The number of hydrogen-bond donors (Lipinski definition) is 0. The number of hydrogen-bond acceptors (Lipinski definition) is 3. The van der Waals surface area contributed by atoms with Gasteiger partial charge in [0.05, 0.1) is 0 Å². The summed E-state index contributed by atoms with van der Waals surface area (Å²) in [5.74, 6) is 1.86. The predicted molar refractivity (Wildman–Crippen MR) is 51.9 cm³/mol. The van der Waals surface area contributed by atoms with E-state index < -0.39 is 0 Å². The van der Waals surface area contributed by atoms with Crippen LogP contribution in [0.1, 0.15) is 20.8 Å². The van der Waals surface area contributed by atoms with Crippen molar-refractivity contribution >= 4 is 5.82 Å². The molecule has 1 aliphatic heterocycles. The summed E-state index contributed by atoms with van der Waals surface area (Å²) in [6.07, 6.45) is 1.90. The zero-order valence-corrected chi connectivity index (χ0v) is 8.19. The van der Waals surface area contributed by atoms with Crippen LogP contribution in [0.5, 0.6) is 5.75 Å². The van der Waals surface area contributed by atoms with Crippen molar-refractivity contribution in [2.45, 2.75) is 33.0 Å². The van der Waals surface area contributed by atoms with Crippen molar-refractivity contribution < 1.29 is 4.74 Å². The molecule has 0 bridgehead atoms. The Bertz CT molecular complexity index is 312. The Balaban J connectivity index is 2.40. The number of rotatable bonds is 1. The first-order valence-corrected chi connectivity index (χ1v) is 4.60. The molecule has 1 unspecified atom stereocenters. The summed E-state index contributed by atoms with van der Waals surface area (Å²) >= 11 is 0. The minimum Gasteiger partial charge on any atom is -0.467 e. The molecule has 1 aromatic heterocycles. The lowest BCUT2D eigenvalue weighted by Gasteiger charge is -2.25. The van der Waals surface area contributed by atoms with E-state index in [1.54, 1.807) is 6.20 Å². The van der Waals surface area contributed by atoms with Gasteiger partial charge in [-0.05, 0) is 32.9 Å². The van der Waals surface area contributed by atoms with Crippen LogP contribution in [0.15, 0.2) is 18.3 Å². The third-order valence-electron chi connectivity index (χ3n) is 2.24. The van der Waals surface area contributed by atoms with Crippen LogP contribution < -0.4 is 9.64 Å². The molecule has 3 nitrogen and oxygen atoms in total. The minimum absolute atomic E-state index is 0.102. The molecule has 0 N–H and O–H groups in total. The van der Waals surface area contributed by atoms with Gasteiger partial charge >= 0.3 is 0 Å². The zero-order valence-electron chi connectivity index (χ0n) is 8.19. The van der Waals surface area contributed by atoms with Crippen LogP contribution >= 0.6 is 0 Å². The minimum atomic E-state index is 0.102. The fraction of sp³-hybridized carbons (Fsp3) is 0.500. The summed E-state index contributed by atoms with van der Waals surface area (Å²) in [6.45, 7) is 6.33. The maximum absolute atomic E-state index is 5.64. The molecule has 0 saturated heterocycles. The smallest absolute Gasteiger partial charge is 0.174 e. The van der Waals surface area contributed by atoms with Crippen molar-refractivity contribution in [2.75, 3.05) is 4.90 Å². The second-order valence-corrected chi connectivity index (χ2v) is 3.54. The van der Waals surface area contributed by atoms with Crippen LogP contribution in [-0.4, -0.2) is 17.3 Å². The van der Waals surface area contributed by atoms with E-state index in [9.17, 15) is 0 Å². The van der Waals surface area contributed by atoms with Crippen LogP contribution in [-0.2, 0) is 0 Å². The predicted octanol–water partition coefficient (Wildman–Crippen LogP) is 2.03. The molecule has 3 heteroatoms. The van der Waals surface area contributed by atoms with E-state index in [0.717, 1.165) is 11.6 Å². The van der Waals surface area contributed by atoms with Gasteiger partial charge in [0.2, 0.25) is 0 Å². The molecule has 0 aromatic carbocycles. The van der Waals surface area contributed by atoms with Gasteiger partial charge in [0, 0.05) is 12.2 Å². The molecule has 0 saturated carbocycles. The Labute approximate surface area is 78.3 Å². The lowest BCUT2D eigenvalue weighted by atomic mass is 10.3. The molecular weight excluding hydrogens is 164 g/mol. The molecule has 1 aliphatic rings. The summed E-state index contributed by atoms with van der Waals surface area (Å²) in [4.78, 5) is 6.49. The average molecular weight is 178 g/mol. The molecule has 1 atom stereocenters. The Kier molecular flexibility index (Phi) is 1.87. The van der Waals surface area contributed by atoms with Crippen molar-refractivity contribution in [3.63, 3.8) is 0 Å². The first-order chi connectivity index (χ1) is 6.20. The van der Waals surface area contributed by atoms with E-state index in [2.05, 4.69) is 23.7 Å². The molecule has 2 heterocycles. The molecule has 0 spiro atoms. The molecule has 1 aromatic rings. The standard InChI is InChI=1S/C10H14N2O/c1-7(2)12-8(3)13-9-5-4-6-11-10(9)12/h4-8H,1-3H3. The first-order valence-electron chi connectivity index (χ1n) is 4.60. The second-order valence-electron chi connectivity index (χ2n) is 3.54. The molecule has 0 fully saturated rings. The lowest BCUT2D eigenvalue weighted by Crippen LogP contribution is -2.37. The normalized spacial score (nSPS) is 20.3. The van der Waals surface area contributed by atoms with Crippen molar-refractivity contribution in [1.29, 1.82) is 0 Å². The Morgan fingerprint density at radius 2 is 2.31 bits per heavy atom. The van der Waals surface area contributed by atoms with Crippen molar-refractivity contribution in [3.05, 3.63) is 18.3 Å². The largest absolute Gasteiger partial charge is 0.467 e. The molecular formula is C10H14N2O. The molecule has 2 rings (SSSR count). The molecule has 70 valence electrons. The van der Waals surface area contributed by atoms with E-state index in [-0.39, 0.29) is 6.23 Å². The highest BCUT2D eigenvalue weighted by Crippen LogP contribution is 2.35. The highest BCUT2D eigenvalue weighted by molar-refractivity contribution is 5.56. The zero-order chi connectivity index (χ0) is 9.42. The van der Waals surface area contributed by atoms with Crippen molar-refractivity contribution in [3.8, 4) is 5.75 Å². The molecule has 0 radical (unpaired) electrons. The van der Waals surface area contributed by atoms with E-state index >= 15 is 0 Å². The summed E-state index contributed by atoms with van der Waals surface area (Å²) in [5, 5.41) is 0. The summed E-state index contributed by atoms with van der Waals surface area (Å²) in [6, 6.07) is 4.28. The lowest BCUT2D eigenvalue weighted by molar-refractivity contribution is 0.237. The van der Waals surface area contributed by atoms with Crippen LogP contribution in [0.3, 0.4) is 0 Å². The fourth-order valence-electron chi connectivity index (χ4n) is 1.75. The van der Waals surface area contributed by atoms with Crippen molar-refractivity contribution in [2.24, 2.45) is 0 Å². The summed E-state index contributed by atoms with van der Waals surface area (Å²) in [5.41, 5.74) is 0. The van der Waals surface area contributed by atoms with Crippen LogP contribution in [0.2, 0.25) is 0 Å². The van der Waals surface area contributed by atoms with Gasteiger partial charge in [-0.3, -0.25) is 0 Å². The van der Waals surface area contributed by atoms with Crippen LogP contribution in [0, 0.1) is 0 Å². The number of ether oxygens (including phenoxy) is 1. The summed E-state index contributed by atoms with van der Waals surface area (Å²) < 4.78 is 5.64. The Morgan fingerprint density at radius 3 is 3.00 bits per heavy atom. The van der Waals surface area contributed by atoms with Gasteiger partial charge in [-0.15, -0.1) is 0 Å². The van der Waals surface area contributed by atoms with Crippen LogP contribution in [0.4, 0.5) is 5.82 Å². The maximum Gasteiger partial charge on any atom is 0.174 e. The summed E-state index contributed by atoms with van der Waals surface area (Å²) in [7, 11) is 0. The molecule has 0 amide bonds. The number of fused-ring (bicyclic) bond motifs is 1. The highest BCUT2D eigenvalue weighted by Gasteiger charge is 2.29. The monoisotopic (exact) mass is 178 g/mol. The number of aromatic nitrogens is 1. The van der Waals surface area contributed by atoms with E-state index in [1.807, 2.05) is 19.1 Å². The average Bonchev–Trinajstić information content (AvgIpc) is 2.39. The fourth-order valence-corrected chi connectivity index (χ4v) is 1.75. The van der Waals surface area contributed by atoms with Gasteiger partial charge in [0.15, 0.2) is 17.8 Å². The van der Waals surface area contributed by atoms with E-state index in [0.29, 0.717) is 6.04 Å². The quantitative estimate of drug-likeness (QED) is 0.658. The SMILES string of the molecule is CC(C)N1c2ncccc2OC1C. The van der Waals surface area contributed by atoms with Gasteiger partial charge in [0.25, 0.3) is 0 Å². The number of pyridine rings is 1.